The van der Waals surface area contributed by atoms with Gasteiger partial charge < -0.3 is 19.8 Å². The molecule has 0 aromatic heterocycles. The van der Waals surface area contributed by atoms with Crippen molar-refractivity contribution in [3.8, 4) is 0 Å². The van der Waals surface area contributed by atoms with Crippen LogP contribution in [-0.2, 0) is 14.4 Å². The second-order valence-electron chi connectivity index (χ2n) is 12.0. The Bertz CT molecular complexity index is 1190. The lowest BCUT2D eigenvalue weighted by atomic mass is 9.74. The summed E-state index contributed by atoms with van der Waals surface area (Å²) in [6.45, 7) is 10.8. The van der Waals surface area contributed by atoms with Gasteiger partial charge in [0.2, 0.25) is 17.7 Å². The average Bonchev–Trinajstić information content (AvgIpc) is 3.16. The molecule has 5 rings (SSSR count). The van der Waals surface area contributed by atoms with Crippen LogP contribution in [0.2, 0.25) is 0 Å². The van der Waals surface area contributed by atoms with Gasteiger partial charge in [-0.15, -0.1) is 11.8 Å². The number of carbonyl (C=O) groups excluding carboxylic acids is 3. The zero-order chi connectivity index (χ0) is 28.1. The number of para-hydroxylation sites is 1. The summed E-state index contributed by atoms with van der Waals surface area (Å²) in [6, 6.07) is 8.29. The minimum absolute atomic E-state index is 0.0208. The van der Waals surface area contributed by atoms with Gasteiger partial charge in [-0.2, -0.15) is 0 Å². The molecule has 0 bridgehead atoms. The van der Waals surface area contributed by atoms with E-state index in [2.05, 4.69) is 26.0 Å². The average molecular weight is 552 g/mol. The molecule has 2 unspecified atom stereocenters. The highest BCUT2D eigenvalue weighted by atomic mass is 32.2. The Morgan fingerprint density at radius 2 is 1.67 bits per heavy atom. The highest BCUT2D eigenvalue weighted by Gasteiger charge is 2.74. The molecule has 0 saturated carbocycles. The first-order chi connectivity index (χ1) is 18.6. The van der Waals surface area contributed by atoms with Gasteiger partial charge in [-0.3, -0.25) is 14.4 Å². The largest absolute Gasteiger partial charge is 0.394 e. The molecule has 7 nitrogen and oxygen atoms in total. The molecule has 4 aliphatic heterocycles. The van der Waals surface area contributed by atoms with Crippen LogP contribution in [0, 0.1) is 17.8 Å². The Hall–Kier alpha value is -2.58. The number of fused-ring (bicyclic) bond motifs is 2. The number of nitrogens with zero attached hydrogens (tertiary/aromatic N) is 3. The molecule has 7 atom stereocenters. The Morgan fingerprint density at radius 1 is 0.974 bits per heavy atom. The second-order valence-corrected chi connectivity index (χ2v) is 13.7. The summed E-state index contributed by atoms with van der Waals surface area (Å²) in [5, 5.41) is 10.5. The van der Waals surface area contributed by atoms with Gasteiger partial charge in [-0.1, -0.05) is 69.7 Å². The predicted octanol–water partition coefficient (Wildman–Crippen LogP) is 3.88. The van der Waals surface area contributed by atoms with Crippen molar-refractivity contribution < 1.29 is 19.5 Å². The normalized spacial score (nSPS) is 33.7. The number of amides is 3. The summed E-state index contributed by atoms with van der Waals surface area (Å²) in [5.41, 5.74) is 0.795. The summed E-state index contributed by atoms with van der Waals surface area (Å²) in [6.07, 6.45) is 10.0. The fraction of sp³-hybridized carbons (Fsp3) is 0.581. The fourth-order valence-electron chi connectivity index (χ4n) is 7.27. The molecule has 39 heavy (non-hydrogen) atoms. The number of anilines is 1. The maximum absolute atomic E-state index is 14.6. The lowest BCUT2D eigenvalue weighted by Gasteiger charge is -2.41. The van der Waals surface area contributed by atoms with Crippen molar-refractivity contribution in [1.29, 1.82) is 0 Å². The molecule has 2 saturated heterocycles. The van der Waals surface area contributed by atoms with Crippen molar-refractivity contribution in [3.63, 3.8) is 0 Å². The monoisotopic (exact) mass is 551 g/mol. The third-order valence-electron chi connectivity index (χ3n) is 9.15. The van der Waals surface area contributed by atoms with Crippen molar-refractivity contribution >= 4 is 35.2 Å². The minimum Gasteiger partial charge on any atom is -0.394 e. The molecule has 1 aromatic carbocycles. The van der Waals surface area contributed by atoms with Crippen molar-refractivity contribution in [3.05, 3.63) is 54.6 Å². The van der Waals surface area contributed by atoms with E-state index in [9.17, 15) is 19.5 Å². The van der Waals surface area contributed by atoms with E-state index in [-0.39, 0.29) is 36.3 Å². The molecule has 1 spiro atoms. The molecule has 210 valence electrons. The van der Waals surface area contributed by atoms with E-state index >= 15 is 0 Å². The van der Waals surface area contributed by atoms with Crippen LogP contribution >= 0.6 is 11.8 Å². The molecule has 4 heterocycles. The minimum atomic E-state index is -0.906. The second kappa shape index (κ2) is 10.4. The Morgan fingerprint density at radius 3 is 2.31 bits per heavy atom. The van der Waals surface area contributed by atoms with Crippen LogP contribution in [0.4, 0.5) is 5.69 Å². The fourth-order valence-corrected chi connectivity index (χ4v) is 9.41. The lowest BCUT2D eigenvalue weighted by molar-refractivity contribution is -0.147. The Kier molecular flexibility index (Phi) is 7.48. The summed E-state index contributed by atoms with van der Waals surface area (Å²) < 4.78 is -1.57. The van der Waals surface area contributed by atoms with E-state index in [0.29, 0.717) is 13.1 Å². The third-order valence-corrected chi connectivity index (χ3v) is 10.9. The topological polar surface area (TPSA) is 81.2 Å². The van der Waals surface area contributed by atoms with E-state index in [1.54, 1.807) is 21.6 Å². The molecular formula is C31H41N3O4S. The van der Waals surface area contributed by atoms with Crippen molar-refractivity contribution in [2.45, 2.75) is 75.1 Å². The van der Waals surface area contributed by atoms with Gasteiger partial charge in [0.25, 0.3) is 0 Å². The van der Waals surface area contributed by atoms with Crippen LogP contribution in [0.3, 0.4) is 0 Å². The summed E-state index contributed by atoms with van der Waals surface area (Å²) in [5.74, 6) is -1.80. The standard InChI is InChI=1S/C31H41N3O4S/c1-6-12-21(4)32-17-11-16-31-25(28(37)34(26(31)29(32)38)23(19-35)20(2)3)24-27(36)33(22-13-8-7-9-14-22)18-10-15-30(24,5)39-31/h7-11,13-16,20-21,23-26,35H,6,12,17-19H2,1-5H3/t21?,23-,24+,25-,26?,30-,31-/m0/s1. The molecule has 8 heteroatoms. The first-order valence-corrected chi connectivity index (χ1v) is 15.1. The molecule has 4 aliphatic rings. The summed E-state index contributed by atoms with van der Waals surface area (Å²) >= 11 is 1.59. The molecule has 1 aromatic rings. The van der Waals surface area contributed by atoms with Crippen molar-refractivity contribution in [2.75, 3.05) is 24.6 Å². The Balaban J connectivity index is 1.66. The van der Waals surface area contributed by atoms with Crippen LogP contribution in [0.5, 0.6) is 0 Å². The van der Waals surface area contributed by atoms with Crippen LogP contribution in [0.1, 0.15) is 47.5 Å². The zero-order valence-corrected chi connectivity index (χ0v) is 24.4. The first kappa shape index (κ1) is 28.0. The molecule has 1 N–H and O–H groups in total. The molecule has 2 fully saturated rings. The first-order valence-electron chi connectivity index (χ1n) is 14.3. The number of thioether (sulfide) groups is 1. The quantitative estimate of drug-likeness (QED) is 0.521. The number of aliphatic hydroxyl groups excluding tert-OH is 1. The van der Waals surface area contributed by atoms with Crippen LogP contribution in [-0.4, -0.2) is 79.9 Å². The number of hydrogen-bond donors (Lipinski definition) is 1. The number of benzene rings is 1. The third kappa shape index (κ3) is 4.26. The highest BCUT2D eigenvalue weighted by molar-refractivity contribution is 8.02. The number of hydrogen-bond acceptors (Lipinski definition) is 5. The number of carbonyl (C=O) groups is 3. The summed E-state index contributed by atoms with van der Waals surface area (Å²) in [7, 11) is 0. The van der Waals surface area contributed by atoms with Crippen LogP contribution in [0.25, 0.3) is 0 Å². The Labute approximate surface area is 236 Å². The van der Waals surface area contributed by atoms with E-state index in [0.717, 1.165) is 18.5 Å². The SMILES string of the molecule is CCCC(C)N1CC=C[C@]23S[C@@]4(C)C=CCN(c5ccccc5)C(=O)[C@H]4[C@H]2C(=O)N([C@@H](CO)C(C)C)C3C1=O. The number of aliphatic hydroxyl groups is 1. The lowest BCUT2D eigenvalue weighted by Crippen LogP contribution is -2.59. The van der Waals surface area contributed by atoms with E-state index in [1.165, 1.54) is 0 Å². The molecule has 0 radical (unpaired) electrons. The van der Waals surface area contributed by atoms with E-state index < -0.39 is 33.4 Å². The van der Waals surface area contributed by atoms with Gasteiger partial charge in [0.1, 0.15) is 6.04 Å². The molecule has 3 amide bonds. The maximum Gasteiger partial charge on any atom is 0.247 e. The summed E-state index contributed by atoms with van der Waals surface area (Å²) in [4.78, 5) is 48.9. The van der Waals surface area contributed by atoms with E-state index in [1.807, 2.05) is 68.2 Å². The smallest absolute Gasteiger partial charge is 0.247 e. The van der Waals surface area contributed by atoms with Gasteiger partial charge in [0.05, 0.1) is 29.2 Å². The number of likely N-dealkylation sites (tertiary alicyclic amines) is 1. The molecule has 0 aliphatic carbocycles. The van der Waals surface area contributed by atoms with Crippen molar-refractivity contribution in [2.24, 2.45) is 17.8 Å². The number of rotatable bonds is 7. The maximum atomic E-state index is 14.6. The van der Waals surface area contributed by atoms with Crippen LogP contribution in [0.15, 0.2) is 54.6 Å². The van der Waals surface area contributed by atoms with Gasteiger partial charge in [0.15, 0.2) is 0 Å². The van der Waals surface area contributed by atoms with Gasteiger partial charge in [-0.25, -0.2) is 0 Å². The predicted molar refractivity (Wildman–Crippen MR) is 155 cm³/mol. The zero-order valence-electron chi connectivity index (χ0n) is 23.6. The van der Waals surface area contributed by atoms with E-state index in [4.69, 9.17) is 0 Å². The van der Waals surface area contributed by atoms with Gasteiger partial charge >= 0.3 is 0 Å². The van der Waals surface area contributed by atoms with Gasteiger partial charge in [0, 0.05) is 29.6 Å². The van der Waals surface area contributed by atoms with Crippen LogP contribution < -0.4 is 4.90 Å². The van der Waals surface area contributed by atoms with Crippen molar-refractivity contribution in [1.82, 2.24) is 9.80 Å². The molecular weight excluding hydrogens is 510 g/mol. The van der Waals surface area contributed by atoms with Gasteiger partial charge in [-0.05, 0) is 38.3 Å². The highest BCUT2D eigenvalue weighted by Crippen LogP contribution is 2.66.